The van der Waals surface area contributed by atoms with Gasteiger partial charge in [0.05, 0.1) is 5.69 Å². The second kappa shape index (κ2) is 5.92. The number of halogens is 1. The maximum absolute atomic E-state index is 13.2. The molecule has 0 spiro atoms. The minimum Gasteiger partial charge on any atom is -0.381 e. The lowest BCUT2D eigenvalue weighted by Crippen LogP contribution is -2.27. The molecular formula is C12H17FN2O. The van der Waals surface area contributed by atoms with Gasteiger partial charge in [0.25, 0.3) is 0 Å². The lowest BCUT2D eigenvalue weighted by atomic mass is 10.0. The van der Waals surface area contributed by atoms with Crippen molar-refractivity contribution in [3.8, 4) is 0 Å². The molecule has 2 rings (SSSR count). The largest absolute Gasteiger partial charge is 0.381 e. The summed E-state index contributed by atoms with van der Waals surface area (Å²) in [4.78, 5) is 4.00. The van der Waals surface area contributed by atoms with Crippen LogP contribution in [0.2, 0.25) is 0 Å². The van der Waals surface area contributed by atoms with E-state index >= 15 is 0 Å². The van der Waals surface area contributed by atoms with Gasteiger partial charge in [0.15, 0.2) is 0 Å². The smallest absolute Gasteiger partial charge is 0.146 e. The molecule has 88 valence electrons. The van der Waals surface area contributed by atoms with Gasteiger partial charge in [-0.25, -0.2) is 4.39 Å². The molecule has 16 heavy (non-hydrogen) atoms. The molecule has 0 unspecified atom stereocenters. The number of aromatic nitrogens is 1. The Bertz CT molecular complexity index is 327. The highest BCUT2D eigenvalue weighted by Gasteiger charge is 2.13. The molecular weight excluding hydrogens is 207 g/mol. The average molecular weight is 224 g/mol. The summed E-state index contributed by atoms with van der Waals surface area (Å²) in [5.41, 5.74) is 0.495. The molecule has 1 aromatic rings. The molecule has 0 bridgehead atoms. The highest BCUT2D eigenvalue weighted by Crippen LogP contribution is 2.13. The van der Waals surface area contributed by atoms with E-state index in [0.717, 1.165) is 32.6 Å². The Balaban J connectivity index is 1.73. The fourth-order valence-electron chi connectivity index (χ4n) is 1.89. The van der Waals surface area contributed by atoms with Crippen molar-refractivity contribution >= 4 is 0 Å². The van der Waals surface area contributed by atoms with E-state index in [1.807, 2.05) is 0 Å². The first-order chi connectivity index (χ1) is 7.86. The Morgan fingerprint density at radius 2 is 2.25 bits per heavy atom. The summed E-state index contributed by atoms with van der Waals surface area (Å²) in [7, 11) is 0. The number of nitrogens with zero attached hydrogens (tertiary/aromatic N) is 1. The van der Waals surface area contributed by atoms with Crippen molar-refractivity contribution in [1.82, 2.24) is 10.3 Å². The second-order valence-electron chi connectivity index (χ2n) is 4.12. The van der Waals surface area contributed by atoms with Gasteiger partial charge in [0.1, 0.15) is 5.82 Å². The van der Waals surface area contributed by atoms with Gasteiger partial charge >= 0.3 is 0 Å². The Morgan fingerprint density at radius 3 is 3.00 bits per heavy atom. The van der Waals surface area contributed by atoms with Gasteiger partial charge < -0.3 is 10.1 Å². The minimum absolute atomic E-state index is 0.234. The van der Waals surface area contributed by atoms with Crippen molar-refractivity contribution in [1.29, 1.82) is 0 Å². The summed E-state index contributed by atoms with van der Waals surface area (Å²) in [6.07, 6.45) is 3.81. The molecule has 1 fully saturated rings. The summed E-state index contributed by atoms with van der Waals surface area (Å²) in [5, 5.41) is 3.25. The molecule has 4 heteroatoms. The van der Waals surface area contributed by atoms with Crippen LogP contribution in [0.1, 0.15) is 18.5 Å². The van der Waals surface area contributed by atoms with Crippen LogP contribution in [0.15, 0.2) is 18.3 Å². The van der Waals surface area contributed by atoms with E-state index < -0.39 is 0 Å². The van der Waals surface area contributed by atoms with Crippen LogP contribution >= 0.6 is 0 Å². The standard InChI is InChI=1S/C12H17FN2O/c13-11-2-1-5-15-12(11)9-14-8-10-3-6-16-7-4-10/h1-2,5,10,14H,3-4,6-9H2. The molecule has 1 aliphatic rings. The van der Waals surface area contributed by atoms with Gasteiger partial charge in [-0.15, -0.1) is 0 Å². The maximum atomic E-state index is 13.2. The fraction of sp³-hybridized carbons (Fsp3) is 0.583. The van der Waals surface area contributed by atoms with Crippen LogP contribution < -0.4 is 5.32 Å². The van der Waals surface area contributed by atoms with Gasteiger partial charge in [-0.3, -0.25) is 4.98 Å². The third-order valence-electron chi connectivity index (χ3n) is 2.90. The topological polar surface area (TPSA) is 34.2 Å². The zero-order valence-corrected chi connectivity index (χ0v) is 9.29. The van der Waals surface area contributed by atoms with E-state index in [2.05, 4.69) is 10.3 Å². The van der Waals surface area contributed by atoms with Crippen LogP contribution in [-0.2, 0) is 11.3 Å². The van der Waals surface area contributed by atoms with Crippen molar-refractivity contribution in [3.63, 3.8) is 0 Å². The Morgan fingerprint density at radius 1 is 1.44 bits per heavy atom. The van der Waals surface area contributed by atoms with Crippen molar-refractivity contribution < 1.29 is 9.13 Å². The van der Waals surface area contributed by atoms with E-state index in [9.17, 15) is 4.39 Å². The van der Waals surface area contributed by atoms with Crippen molar-refractivity contribution in [2.45, 2.75) is 19.4 Å². The first-order valence-electron chi connectivity index (χ1n) is 5.74. The molecule has 0 amide bonds. The molecule has 0 radical (unpaired) electrons. The van der Waals surface area contributed by atoms with Gasteiger partial charge in [-0.05, 0) is 37.4 Å². The molecule has 1 aromatic heterocycles. The van der Waals surface area contributed by atoms with E-state index in [4.69, 9.17) is 4.74 Å². The summed E-state index contributed by atoms with van der Waals surface area (Å²) in [5.74, 6) is 0.419. The molecule has 2 heterocycles. The van der Waals surface area contributed by atoms with Gasteiger partial charge in [0, 0.05) is 26.0 Å². The van der Waals surface area contributed by atoms with Crippen LogP contribution in [0.4, 0.5) is 4.39 Å². The monoisotopic (exact) mass is 224 g/mol. The Labute approximate surface area is 95.0 Å². The third-order valence-corrected chi connectivity index (χ3v) is 2.90. The molecule has 0 atom stereocenters. The van der Waals surface area contributed by atoms with E-state index in [-0.39, 0.29) is 5.82 Å². The molecule has 1 N–H and O–H groups in total. The van der Waals surface area contributed by atoms with E-state index in [0.29, 0.717) is 18.2 Å². The predicted molar refractivity (Wildman–Crippen MR) is 59.4 cm³/mol. The number of hydrogen-bond acceptors (Lipinski definition) is 3. The quantitative estimate of drug-likeness (QED) is 0.845. The molecule has 3 nitrogen and oxygen atoms in total. The summed E-state index contributed by atoms with van der Waals surface area (Å²) >= 11 is 0. The van der Waals surface area contributed by atoms with Gasteiger partial charge in [-0.1, -0.05) is 0 Å². The summed E-state index contributed by atoms with van der Waals surface area (Å²) in [6.45, 7) is 3.12. The molecule has 1 aliphatic heterocycles. The van der Waals surface area contributed by atoms with Crippen molar-refractivity contribution in [3.05, 3.63) is 29.8 Å². The normalized spacial score (nSPS) is 17.6. The Kier molecular flexibility index (Phi) is 4.25. The maximum Gasteiger partial charge on any atom is 0.146 e. The number of hydrogen-bond donors (Lipinski definition) is 1. The van der Waals surface area contributed by atoms with Gasteiger partial charge in [0.2, 0.25) is 0 Å². The third kappa shape index (κ3) is 3.25. The SMILES string of the molecule is Fc1cccnc1CNCC1CCOCC1. The van der Waals surface area contributed by atoms with Crippen LogP contribution in [0.3, 0.4) is 0 Å². The molecule has 0 aliphatic carbocycles. The van der Waals surface area contributed by atoms with Crippen LogP contribution in [0, 0.1) is 11.7 Å². The zero-order chi connectivity index (χ0) is 11.2. The first-order valence-corrected chi connectivity index (χ1v) is 5.74. The lowest BCUT2D eigenvalue weighted by Gasteiger charge is -2.22. The fourth-order valence-corrected chi connectivity index (χ4v) is 1.89. The van der Waals surface area contributed by atoms with Gasteiger partial charge in [-0.2, -0.15) is 0 Å². The summed E-state index contributed by atoms with van der Waals surface area (Å²) in [6, 6.07) is 3.05. The highest BCUT2D eigenvalue weighted by atomic mass is 19.1. The van der Waals surface area contributed by atoms with E-state index in [1.54, 1.807) is 12.3 Å². The number of pyridine rings is 1. The average Bonchev–Trinajstić information content (AvgIpc) is 2.33. The second-order valence-corrected chi connectivity index (χ2v) is 4.12. The molecule has 0 aromatic carbocycles. The van der Waals surface area contributed by atoms with Crippen LogP contribution in [0.5, 0.6) is 0 Å². The van der Waals surface area contributed by atoms with Crippen molar-refractivity contribution in [2.24, 2.45) is 5.92 Å². The van der Waals surface area contributed by atoms with Crippen LogP contribution in [0.25, 0.3) is 0 Å². The first kappa shape index (κ1) is 11.5. The zero-order valence-electron chi connectivity index (χ0n) is 9.29. The number of ether oxygens (including phenoxy) is 1. The van der Waals surface area contributed by atoms with Crippen molar-refractivity contribution in [2.75, 3.05) is 19.8 Å². The van der Waals surface area contributed by atoms with Crippen LogP contribution in [-0.4, -0.2) is 24.7 Å². The lowest BCUT2D eigenvalue weighted by molar-refractivity contribution is 0.0662. The highest BCUT2D eigenvalue weighted by molar-refractivity contribution is 5.06. The summed E-state index contributed by atoms with van der Waals surface area (Å²) < 4.78 is 18.5. The predicted octanol–water partition coefficient (Wildman–Crippen LogP) is 1.74. The Hall–Kier alpha value is -1.00. The van der Waals surface area contributed by atoms with E-state index in [1.165, 1.54) is 6.07 Å². The molecule has 0 saturated carbocycles. The molecule has 1 saturated heterocycles. The number of nitrogens with one attached hydrogen (secondary N) is 1. The minimum atomic E-state index is -0.234. The number of rotatable bonds is 4.